The average molecular weight is 520 g/mol. The number of rotatable bonds is 5. The Labute approximate surface area is 195 Å². The number of ether oxygens (including phenoxy) is 2. The molecule has 2 N–H and O–H groups in total. The molecule has 0 aliphatic rings. The van der Waals surface area contributed by atoms with Crippen LogP contribution in [0.4, 0.5) is 0 Å². The zero-order valence-electron chi connectivity index (χ0n) is 16.2. The fourth-order valence-electron chi connectivity index (χ4n) is 3.01. The molecular formula is C22H16BrClN2O4S. The first-order chi connectivity index (χ1) is 15.0. The third kappa shape index (κ3) is 4.46. The summed E-state index contributed by atoms with van der Waals surface area (Å²) in [7, 11) is 1.57. The molecule has 31 heavy (non-hydrogen) atoms. The zero-order valence-corrected chi connectivity index (χ0v) is 19.4. The Morgan fingerprint density at radius 1 is 1.06 bits per heavy atom. The lowest BCUT2D eigenvalue weighted by atomic mass is 10.1. The van der Waals surface area contributed by atoms with E-state index in [1.54, 1.807) is 31.4 Å². The van der Waals surface area contributed by atoms with Crippen molar-refractivity contribution in [2.75, 3.05) is 13.7 Å². The van der Waals surface area contributed by atoms with Gasteiger partial charge in [0.2, 0.25) is 0 Å². The molecule has 1 heterocycles. The first-order valence-corrected chi connectivity index (χ1v) is 11.1. The van der Waals surface area contributed by atoms with Crippen LogP contribution < -0.4 is 20.3 Å². The first-order valence-electron chi connectivity index (χ1n) is 9.13. The Bertz CT molecular complexity index is 1310. The number of methoxy groups -OCH3 is 1. The van der Waals surface area contributed by atoms with E-state index in [1.165, 1.54) is 11.3 Å². The maximum Gasteiger partial charge on any atom is 0.281 e. The van der Waals surface area contributed by atoms with Crippen LogP contribution >= 0.6 is 38.9 Å². The zero-order chi connectivity index (χ0) is 22.0. The molecule has 0 aliphatic carbocycles. The van der Waals surface area contributed by atoms with Crippen molar-refractivity contribution in [2.45, 2.75) is 0 Å². The number of nitrogens with one attached hydrogen (secondary N) is 2. The largest absolute Gasteiger partial charge is 0.497 e. The highest BCUT2D eigenvalue weighted by Crippen LogP contribution is 2.37. The molecule has 158 valence electrons. The summed E-state index contributed by atoms with van der Waals surface area (Å²) in [5.74, 6) is 0.182. The minimum atomic E-state index is -0.509. The van der Waals surface area contributed by atoms with E-state index in [9.17, 15) is 9.59 Å². The molecule has 0 bridgehead atoms. The Kier molecular flexibility index (Phi) is 6.31. The molecule has 0 spiro atoms. The lowest BCUT2D eigenvalue weighted by molar-refractivity contribution is -0.123. The topological polar surface area (TPSA) is 76.7 Å². The maximum absolute atomic E-state index is 12.5. The normalized spacial score (nSPS) is 10.8. The van der Waals surface area contributed by atoms with Crippen molar-refractivity contribution < 1.29 is 19.1 Å². The number of fused-ring (bicyclic) bond motifs is 2. The standard InChI is InChI=1S/C22H16BrClN2O4S/c1-29-13-7-8-15-17(10-13)31-21(20(15)24)22(28)26-25-18(27)11-30-16-9-6-12-4-2-3-5-14(12)19(16)23/h2-10H,11H2,1H3,(H,25,27)(H,26,28). The second kappa shape index (κ2) is 9.13. The summed E-state index contributed by atoms with van der Waals surface area (Å²) in [6.07, 6.45) is 0. The van der Waals surface area contributed by atoms with Crippen LogP contribution in [-0.2, 0) is 4.79 Å². The molecule has 0 unspecified atom stereocenters. The van der Waals surface area contributed by atoms with E-state index in [2.05, 4.69) is 26.8 Å². The van der Waals surface area contributed by atoms with Crippen LogP contribution in [0.5, 0.6) is 11.5 Å². The molecule has 0 aliphatic heterocycles. The van der Waals surface area contributed by atoms with Gasteiger partial charge in [0.1, 0.15) is 16.4 Å². The van der Waals surface area contributed by atoms with Crippen LogP contribution in [0.25, 0.3) is 20.9 Å². The molecule has 3 aromatic carbocycles. The van der Waals surface area contributed by atoms with Gasteiger partial charge < -0.3 is 9.47 Å². The van der Waals surface area contributed by atoms with Crippen molar-refractivity contribution in [3.63, 3.8) is 0 Å². The van der Waals surface area contributed by atoms with Crippen LogP contribution in [0.2, 0.25) is 5.02 Å². The Morgan fingerprint density at radius 2 is 1.87 bits per heavy atom. The summed E-state index contributed by atoms with van der Waals surface area (Å²) in [6, 6.07) is 16.9. The molecule has 4 rings (SSSR count). The van der Waals surface area contributed by atoms with Gasteiger partial charge in [-0.25, -0.2) is 0 Å². The monoisotopic (exact) mass is 518 g/mol. The predicted octanol–water partition coefficient (Wildman–Crippen LogP) is 5.32. The fourth-order valence-corrected chi connectivity index (χ4v) is 5.05. The molecule has 0 atom stereocenters. The van der Waals surface area contributed by atoms with Gasteiger partial charge in [0, 0.05) is 10.1 Å². The lowest BCUT2D eigenvalue weighted by Crippen LogP contribution is -2.43. The van der Waals surface area contributed by atoms with Crippen molar-refractivity contribution in [1.82, 2.24) is 10.9 Å². The Balaban J connectivity index is 1.38. The van der Waals surface area contributed by atoms with E-state index in [-0.39, 0.29) is 6.61 Å². The molecule has 0 fully saturated rings. The average Bonchev–Trinajstić information content (AvgIpc) is 3.13. The molecule has 2 amide bonds. The third-order valence-electron chi connectivity index (χ3n) is 4.54. The number of hydrogen-bond donors (Lipinski definition) is 2. The summed E-state index contributed by atoms with van der Waals surface area (Å²) in [5.41, 5.74) is 4.72. The van der Waals surface area contributed by atoms with Crippen LogP contribution in [-0.4, -0.2) is 25.5 Å². The van der Waals surface area contributed by atoms with Gasteiger partial charge in [-0.2, -0.15) is 0 Å². The summed E-state index contributed by atoms with van der Waals surface area (Å²) < 4.78 is 12.4. The minimum Gasteiger partial charge on any atom is -0.497 e. The number of benzene rings is 3. The number of halogens is 2. The molecule has 4 aromatic rings. The summed E-state index contributed by atoms with van der Waals surface area (Å²) in [5, 5.41) is 3.10. The Morgan fingerprint density at radius 3 is 2.68 bits per heavy atom. The van der Waals surface area contributed by atoms with Crippen LogP contribution in [0.3, 0.4) is 0 Å². The number of carbonyl (C=O) groups is 2. The van der Waals surface area contributed by atoms with Crippen molar-refractivity contribution in [3.8, 4) is 11.5 Å². The number of amides is 2. The van der Waals surface area contributed by atoms with E-state index >= 15 is 0 Å². The van der Waals surface area contributed by atoms with Gasteiger partial charge in [-0.1, -0.05) is 41.9 Å². The third-order valence-corrected chi connectivity index (χ3v) is 7.02. The van der Waals surface area contributed by atoms with E-state index in [1.807, 2.05) is 30.3 Å². The molecular weight excluding hydrogens is 504 g/mol. The number of hydrogen-bond acceptors (Lipinski definition) is 5. The lowest BCUT2D eigenvalue weighted by Gasteiger charge is -2.11. The quantitative estimate of drug-likeness (QED) is 0.350. The maximum atomic E-state index is 12.5. The van der Waals surface area contributed by atoms with Crippen LogP contribution in [0.15, 0.2) is 59.1 Å². The molecule has 0 saturated heterocycles. The van der Waals surface area contributed by atoms with Gasteiger partial charge in [0.15, 0.2) is 6.61 Å². The van der Waals surface area contributed by atoms with Crippen molar-refractivity contribution in [1.29, 1.82) is 0 Å². The number of thiophene rings is 1. The van der Waals surface area contributed by atoms with Gasteiger partial charge in [0.25, 0.3) is 11.8 Å². The van der Waals surface area contributed by atoms with Crippen molar-refractivity contribution in [2.24, 2.45) is 0 Å². The van der Waals surface area contributed by atoms with Gasteiger partial charge in [-0.15, -0.1) is 11.3 Å². The Hall–Kier alpha value is -2.81. The molecule has 0 radical (unpaired) electrons. The van der Waals surface area contributed by atoms with Gasteiger partial charge in [-0.3, -0.25) is 20.4 Å². The van der Waals surface area contributed by atoms with E-state index in [4.69, 9.17) is 21.1 Å². The van der Waals surface area contributed by atoms with Gasteiger partial charge in [-0.05, 0) is 51.0 Å². The van der Waals surface area contributed by atoms with E-state index < -0.39 is 11.8 Å². The predicted molar refractivity (Wildman–Crippen MR) is 126 cm³/mol. The van der Waals surface area contributed by atoms with E-state index in [0.717, 1.165) is 25.3 Å². The second-order valence-corrected chi connectivity index (χ2v) is 8.72. The van der Waals surface area contributed by atoms with Gasteiger partial charge >= 0.3 is 0 Å². The highest BCUT2D eigenvalue weighted by atomic mass is 79.9. The van der Waals surface area contributed by atoms with Gasteiger partial charge in [0.05, 0.1) is 16.6 Å². The van der Waals surface area contributed by atoms with Crippen molar-refractivity contribution >= 4 is 71.5 Å². The number of hydrazine groups is 1. The molecule has 1 aromatic heterocycles. The molecule has 6 nitrogen and oxygen atoms in total. The second-order valence-electron chi connectivity index (χ2n) is 6.50. The highest BCUT2D eigenvalue weighted by molar-refractivity contribution is 9.10. The summed E-state index contributed by atoms with van der Waals surface area (Å²) in [4.78, 5) is 24.9. The smallest absolute Gasteiger partial charge is 0.281 e. The summed E-state index contributed by atoms with van der Waals surface area (Å²) in [6.45, 7) is -0.269. The van der Waals surface area contributed by atoms with Crippen molar-refractivity contribution in [3.05, 3.63) is 69.0 Å². The fraction of sp³-hybridized carbons (Fsp3) is 0.0909. The molecule has 0 saturated carbocycles. The van der Waals surface area contributed by atoms with Crippen LogP contribution in [0.1, 0.15) is 9.67 Å². The number of carbonyl (C=O) groups excluding carboxylic acids is 2. The highest BCUT2D eigenvalue weighted by Gasteiger charge is 2.18. The van der Waals surface area contributed by atoms with Crippen LogP contribution in [0, 0.1) is 0 Å². The molecule has 9 heteroatoms. The van der Waals surface area contributed by atoms with E-state index in [0.29, 0.717) is 21.4 Å². The minimum absolute atomic E-state index is 0.269. The summed E-state index contributed by atoms with van der Waals surface area (Å²) >= 11 is 11.1. The SMILES string of the molecule is COc1ccc2c(Cl)c(C(=O)NNC(=O)COc3ccc4ccccc4c3Br)sc2c1. The first kappa shape index (κ1) is 21.4.